The molecule has 0 heterocycles. The molecule has 1 unspecified atom stereocenters. The molecule has 1 N–H and O–H groups in total. The number of rotatable bonds is 6. The molecular formula is C23H21NO4. The Bertz CT molecular complexity index is 1010. The first-order chi connectivity index (χ1) is 13.7. The van der Waals surface area contributed by atoms with Gasteiger partial charge in [0.1, 0.15) is 11.3 Å². The van der Waals surface area contributed by atoms with Crippen molar-refractivity contribution in [2.45, 2.75) is 25.0 Å². The summed E-state index contributed by atoms with van der Waals surface area (Å²) in [6.07, 6.45) is 0.907. The number of carbonyl (C=O) groups excluding carboxylic acids is 2. The van der Waals surface area contributed by atoms with Gasteiger partial charge in [0.25, 0.3) is 5.91 Å². The normalized spacial score (nSPS) is 14.3. The molecule has 1 amide bonds. The van der Waals surface area contributed by atoms with E-state index in [4.69, 9.17) is 9.47 Å². The van der Waals surface area contributed by atoms with Crippen LogP contribution in [0.3, 0.4) is 0 Å². The molecule has 1 atom stereocenters. The molecule has 1 aliphatic rings. The highest BCUT2D eigenvalue weighted by Crippen LogP contribution is 2.29. The second kappa shape index (κ2) is 7.72. The average molecular weight is 375 g/mol. The van der Waals surface area contributed by atoms with Gasteiger partial charge in [0, 0.05) is 11.6 Å². The van der Waals surface area contributed by atoms with Crippen LogP contribution in [0.1, 0.15) is 34.9 Å². The molecule has 0 spiro atoms. The molecular weight excluding hydrogens is 354 g/mol. The van der Waals surface area contributed by atoms with E-state index in [1.165, 1.54) is 7.11 Å². The highest BCUT2D eigenvalue weighted by atomic mass is 16.5. The van der Waals surface area contributed by atoms with E-state index in [9.17, 15) is 9.59 Å². The van der Waals surface area contributed by atoms with Gasteiger partial charge in [0.2, 0.25) is 6.10 Å². The first kappa shape index (κ1) is 18.0. The van der Waals surface area contributed by atoms with Crippen LogP contribution in [0, 0.1) is 0 Å². The highest BCUT2D eigenvalue weighted by molar-refractivity contribution is 6.00. The van der Waals surface area contributed by atoms with E-state index in [2.05, 4.69) is 5.32 Å². The lowest BCUT2D eigenvalue weighted by Gasteiger charge is -2.19. The van der Waals surface area contributed by atoms with Crippen molar-refractivity contribution in [2.75, 3.05) is 7.11 Å². The molecule has 0 aliphatic heterocycles. The summed E-state index contributed by atoms with van der Waals surface area (Å²) in [5, 5.41) is 4.78. The smallest absolute Gasteiger partial charge is 0.343 e. The molecule has 0 bridgehead atoms. The van der Waals surface area contributed by atoms with Gasteiger partial charge in [-0.15, -0.1) is 0 Å². The molecule has 0 radical (unpaired) electrons. The van der Waals surface area contributed by atoms with Gasteiger partial charge >= 0.3 is 5.97 Å². The zero-order valence-corrected chi connectivity index (χ0v) is 15.6. The molecule has 5 heteroatoms. The largest absolute Gasteiger partial charge is 0.496 e. The van der Waals surface area contributed by atoms with Crippen molar-refractivity contribution >= 4 is 22.6 Å². The second-order valence-electron chi connectivity index (χ2n) is 6.88. The second-order valence-corrected chi connectivity index (χ2v) is 6.88. The first-order valence-corrected chi connectivity index (χ1v) is 9.29. The van der Waals surface area contributed by atoms with Crippen molar-refractivity contribution in [1.82, 2.24) is 5.32 Å². The Morgan fingerprint density at radius 3 is 2.25 bits per heavy atom. The molecule has 0 aromatic heterocycles. The summed E-state index contributed by atoms with van der Waals surface area (Å²) in [4.78, 5) is 25.7. The minimum absolute atomic E-state index is 0.174. The number of methoxy groups -OCH3 is 1. The summed E-state index contributed by atoms with van der Waals surface area (Å²) >= 11 is 0. The van der Waals surface area contributed by atoms with Gasteiger partial charge in [-0.3, -0.25) is 4.79 Å². The number of esters is 1. The van der Waals surface area contributed by atoms with E-state index in [0.29, 0.717) is 16.9 Å². The summed E-state index contributed by atoms with van der Waals surface area (Å²) in [7, 11) is 1.51. The van der Waals surface area contributed by atoms with Crippen molar-refractivity contribution < 1.29 is 19.1 Å². The number of fused-ring (bicyclic) bond motifs is 1. The van der Waals surface area contributed by atoms with Gasteiger partial charge in [0.05, 0.1) is 7.11 Å². The van der Waals surface area contributed by atoms with Gasteiger partial charge in [-0.2, -0.15) is 0 Å². The third-order valence-corrected chi connectivity index (χ3v) is 4.78. The van der Waals surface area contributed by atoms with Crippen LogP contribution < -0.4 is 10.1 Å². The zero-order chi connectivity index (χ0) is 19.5. The Morgan fingerprint density at radius 1 is 0.964 bits per heavy atom. The molecule has 5 nitrogen and oxygen atoms in total. The standard InChI is InChI=1S/C23H21NO4/c1-27-20-14-17-10-6-5-9-16(17)13-19(20)23(26)28-21(15-7-3-2-4-8-15)22(25)24-18-11-12-18/h2-10,13-14,18,21H,11-12H2,1H3,(H,24,25). The average Bonchev–Trinajstić information content (AvgIpc) is 3.55. The molecule has 1 fully saturated rings. The van der Waals surface area contributed by atoms with Crippen LogP contribution in [0.4, 0.5) is 0 Å². The van der Waals surface area contributed by atoms with Gasteiger partial charge in [-0.05, 0) is 35.7 Å². The fraction of sp³-hybridized carbons (Fsp3) is 0.217. The Balaban J connectivity index is 1.65. The monoisotopic (exact) mass is 375 g/mol. The predicted molar refractivity (Wildman–Crippen MR) is 106 cm³/mol. The van der Waals surface area contributed by atoms with E-state index >= 15 is 0 Å². The summed E-state index contributed by atoms with van der Waals surface area (Å²) in [5.74, 6) is -0.484. The van der Waals surface area contributed by atoms with E-state index in [0.717, 1.165) is 23.6 Å². The quantitative estimate of drug-likeness (QED) is 0.661. The van der Waals surface area contributed by atoms with Gasteiger partial charge in [-0.1, -0.05) is 54.6 Å². The maximum Gasteiger partial charge on any atom is 0.343 e. The van der Waals surface area contributed by atoms with Crippen LogP contribution >= 0.6 is 0 Å². The molecule has 3 aromatic carbocycles. The topological polar surface area (TPSA) is 64.6 Å². The third kappa shape index (κ3) is 3.83. The number of carbonyl (C=O) groups is 2. The number of amides is 1. The van der Waals surface area contributed by atoms with E-state index in [1.54, 1.807) is 24.3 Å². The van der Waals surface area contributed by atoms with Gasteiger partial charge < -0.3 is 14.8 Å². The summed E-state index contributed by atoms with van der Waals surface area (Å²) < 4.78 is 11.1. The van der Waals surface area contributed by atoms with Crippen LogP contribution in [0.5, 0.6) is 5.75 Å². The first-order valence-electron chi connectivity index (χ1n) is 9.29. The molecule has 1 saturated carbocycles. The molecule has 0 saturated heterocycles. The molecule has 142 valence electrons. The van der Waals surface area contributed by atoms with Gasteiger partial charge in [-0.25, -0.2) is 4.79 Å². The van der Waals surface area contributed by atoms with Crippen LogP contribution in [0.2, 0.25) is 0 Å². The van der Waals surface area contributed by atoms with E-state index in [1.807, 2.05) is 42.5 Å². The van der Waals surface area contributed by atoms with E-state index < -0.39 is 12.1 Å². The van der Waals surface area contributed by atoms with Crippen molar-refractivity contribution in [2.24, 2.45) is 0 Å². The minimum Gasteiger partial charge on any atom is -0.496 e. The van der Waals surface area contributed by atoms with E-state index in [-0.39, 0.29) is 11.9 Å². The number of hydrogen-bond donors (Lipinski definition) is 1. The molecule has 3 aromatic rings. The Hall–Kier alpha value is -3.34. The predicted octanol–water partition coefficient (Wildman–Crippen LogP) is 4.03. The lowest BCUT2D eigenvalue weighted by atomic mass is 10.1. The van der Waals surface area contributed by atoms with Crippen molar-refractivity contribution in [3.8, 4) is 5.75 Å². The molecule has 1 aliphatic carbocycles. The summed E-state index contributed by atoms with van der Waals surface area (Å²) in [6, 6.07) is 20.4. The SMILES string of the molecule is COc1cc2ccccc2cc1C(=O)OC(C(=O)NC1CC1)c1ccccc1. The van der Waals surface area contributed by atoms with Gasteiger partial charge in [0.15, 0.2) is 0 Å². The van der Waals surface area contributed by atoms with Crippen molar-refractivity contribution in [3.63, 3.8) is 0 Å². The Kier molecular flexibility index (Phi) is 4.98. The molecule has 4 rings (SSSR count). The Morgan fingerprint density at radius 2 is 1.61 bits per heavy atom. The number of nitrogens with one attached hydrogen (secondary N) is 1. The van der Waals surface area contributed by atoms with Crippen LogP contribution in [-0.2, 0) is 9.53 Å². The third-order valence-electron chi connectivity index (χ3n) is 4.78. The fourth-order valence-electron chi connectivity index (χ4n) is 3.12. The van der Waals surface area contributed by atoms with Crippen LogP contribution in [0.25, 0.3) is 10.8 Å². The highest BCUT2D eigenvalue weighted by Gasteiger charge is 2.31. The zero-order valence-electron chi connectivity index (χ0n) is 15.6. The van der Waals surface area contributed by atoms with Crippen molar-refractivity contribution in [3.05, 3.63) is 77.9 Å². The maximum atomic E-state index is 13.0. The van der Waals surface area contributed by atoms with Crippen LogP contribution in [0.15, 0.2) is 66.7 Å². The van der Waals surface area contributed by atoms with Crippen molar-refractivity contribution in [1.29, 1.82) is 0 Å². The minimum atomic E-state index is -1.01. The number of ether oxygens (including phenoxy) is 2. The fourth-order valence-corrected chi connectivity index (χ4v) is 3.12. The molecule has 28 heavy (non-hydrogen) atoms. The number of benzene rings is 3. The summed E-state index contributed by atoms with van der Waals surface area (Å²) in [5.41, 5.74) is 0.926. The lowest BCUT2D eigenvalue weighted by molar-refractivity contribution is -0.130. The lowest BCUT2D eigenvalue weighted by Crippen LogP contribution is -2.33. The number of hydrogen-bond acceptors (Lipinski definition) is 4. The van der Waals surface area contributed by atoms with Crippen LogP contribution in [-0.4, -0.2) is 25.0 Å². The Labute approximate surface area is 163 Å². The maximum absolute atomic E-state index is 13.0. The summed E-state index contributed by atoms with van der Waals surface area (Å²) in [6.45, 7) is 0.